The number of aryl methyl sites for hydroxylation is 1. The number of hydrogen-bond donors (Lipinski definition) is 2. The molecule has 22 heavy (non-hydrogen) atoms. The molecule has 0 radical (unpaired) electrons. The van der Waals surface area contributed by atoms with Crippen LogP contribution in [0.3, 0.4) is 0 Å². The topological polar surface area (TPSA) is 58.4 Å². The molecule has 1 aromatic carbocycles. The van der Waals surface area contributed by atoms with Gasteiger partial charge in [-0.25, -0.2) is 5.84 Å². The van der Waals surface area contributed by atoms with Gasteiger partial charge in [0.1, 0.15) is 6.04 Å². The van der Waals surface area contributed by atoms with Crippen molar-refractivity contribution >= 4 is 11.6 Å². The lowest BCUT2D eigenvalue weighted by Crippen LogP contribution is -2.59. The molecule has 4 heteroatoms. The third kappa shape index (κ3) is 2.98. The van der Waals surface area contributed by atoms with E-state index in [1.165, 1.54) is 16.8 Å². The van der Waals surface area contributed by atoms with Gasteiger partial charge in [-0.2, -0.15) is 0 Å². The Hall–Kier alpha value is -1.55. The van der Waals surface area contributed by atoms with Gasteiger partial charge < -0.3 is 4.90 Å². The molecule has 0 spiro atoms. The van der Waals surface area contributed by atoms with E-state index in [1.54, 1.807) is 0 Å². The number of hydrogen-bond acceptors (Lipinski definition) is 3. The van der Waals surface area contributed by atoms with Crippen molar-refractivity contribution < 1.29 is 4.79 Å². The molecule has 1 heterocycles. The molecule has 0 aromatic heterocycles. The number of amides is 1. The van der Waals surface area contributed by atoms with Crippen LogP contribution < -0.4 is 16.2 Å². The summed E-state index contributed by atoms with van der Waals surface area (Å²) in [5.41, 5.74) is 6.02. The van der Waals surface area contributed by atoms with Gasteiger partial charge in [0, 0.05) is 11.2 Å². The molecule has 1 amide bonds. The van der Waals surface area contributed by atoms with Crippen LogP contribution in [-0.2, 0) is 4.79 Å². The first-order chi connectivity index (χ1) is 10.3. The summed E-state index contributed by atoms with van der Waals surface area (Å²) in [5, 5.41) is 0. The van der Waals surface area contributed by atoms with E-state index in [0.29, 0.717) is 5.92 Å². The van der Waals surface area contributed by atoms with Gasteiger partial charge in [-0.1, -0.05) is 32.4 Å². The smallest absolute Gasteiger partial charge is 0.256 e. The second kappa shape index (κ2) is 6.29. The van der Waals surface area contributed by atoms with E-state index >= 15 is 0 Å². The molecule has 0 saturated heterocycles. The molecule has 2 rings (SSSR count). The highest BCUT2D eigenvalue weighted by molar-refractivity contribution is 5.86. The minimum Gasteiger partial charge on any atom is -0.354 e. The van der Waals surface area contributed by atoms with Gasteiger partial charge in [-0.15, -0.1) is 0 Å². The number of nitrogens with two attached hydrogens (primary N) is 1. The number of anilines is 1. The number of rotatable bonds is 4. The monoisotopic (exact) mass is 303 g/mol. The highest BCUT2D eigenvalue weighted by Crippen LogP contribution is 2.45. The summed E-state index contributed by atoms with van der Waals surface area (Å²) in [5.74, 6) is 5.84. The number of nitrogens with zero attached hydrogens (tertiary/aromatic N) is 1. The van der Waals surface area contributed by atoms with E-state index in [-0.39, 0.29) is 17.5 Å². The van der Waals surface area contributed by atoms with Gasteiger partial charge >= 0.3 is 0 Å². The van der Waals surface area contributed by atoms with Gasteiger partial charge in [0.15, 0.2) is 0 Å². The summed E-state index contributed by atoms with van der Waals surface area (Å²) in [4.78, 5) is 14.7. The first kappa shape index (κ1) is 16.8. The summed E-state index contributed by atoms with van der Waals surface area (Å²) in [6.45, 7) is 10.9. The Kier molecular flexibility index (Phi) is 4.81. The molecule has 0 fully saturated rings. The van der Waals surface area contributed by atoms with E-state index in [4.69, 9.17) is 5.84 Å². The van der Waals surface area contributed by atoms with Crippen molar-refractivity contribution in [3.63, 3.8) is 0 Å². The van der Waals surface area contributed by atoms with Crippen molar-refractivity contribution in [3.05, 3.63) is 29.3 Å². The fourth-order valence-corrected chi connectivity index (χ4v) is 3.90. The van der Waals surface area contributed by atoms with Crippen molar-refractivity contribution in [2.45, 2.75) is 71.4 Å². The minimum absolute atomic E-state index is 0.0768. The summed E-state index contributed by atoms with van der Waals surface area (Å²) in [6.07, 6.45) is 2.77. The van der Waals surface area contributed by atoms with Crippen LogP contribution >= 0.6 is 0 Å². The van der Waals surface area contributed by atoms with Crippen LogP contribution in [0.4, 0.5) is 5.69 Å². The molecule has 3 N–H and O–H groups in total. The molecule has 1 aliphatic rings. The molecular formula is C18H29N3O. The number of carbonyl (C=O) groups is 1. The molecule has 0 unspecified atom stereocenters. The van der Waals surface area contributed by atoms with Crippen molar-refractivity contribution in [1.29, 1.82) is 0 Å². The number of benzene rings is 1. The van der Waals surface area contributed by atoms with E-state index in [1.807, 2.05) is 0 Å². The Labute approximate surface area is 134 Å². The van der Waals surface area contributed by atoms with Crippen LogP contribution in [0.2, 0.25) is 0 Å². The maximum Gasteiger partial charge on any atom is 0.256 e. The van der Waals surface area contributed by atoms with Crippen molar-refractivity contribution in [3.8, 4) is 0 Å². The molecule has 2 atom stereocenters. The van der Waals surface area contributed by atoms with Gasteiger partial charge in [0.25, 0.3) is 5.91 Å². The molecular weight excluding hydrogens is 274 g/mol. The summed E-state index contributed by atoms with van der Waals surface area (Å²) >= 11 is 0. The number of nitrogens with one attached hydrogen (secondary N) is 1. The normalized spacial score (nSPS) is 21.2. The highest BCUT2D eigenvalue weighted by atomic mass is 16.2. The average Bonchev–Trinajstić information content (AvgIpc) is 2.44. The van der Waals surface area contributed by atoms with Crippen molar-refractivity contribution in [2.75, 3.05) is 4.90 Å². The lowest BCUT2D eigenvalue weighted by atomic mass is 9.78. The zero-order valence-corrected chi connectivity index (χ0v) is 14.4. The van der Waals surface area contributed by atoms with Gasteiger partial charge in [-0.3, -0.25) is 10.2 Å². The first-order valence-electron chi connectivity index (χ1n) is 8.22. The van der Waals surface area contributed by atoms with Crippen LogP contribution in [0.15, 0.2) is 18.2 Å². The summed E-state index contributed by atoms with van der Waals surface area (Å²) in [7, 11) is 0. The van der Waals surface area contributed by atoms with Gasteiger partial charge in [-0.05, 0) is 56.7 Å². The second-order valence-electron chi connectivity index (χ2n) is 7.16. The average molecular weight is 303 g/mol. The van der Waals surface area contributed by atoms with E-state index < -0.39 is 0 Å². The van der Waals surface area contributed by atoms with Crippen LogP contribution in [0.25, 0.3) is 0 Å². The maximum atomic E-state index is 12.4. The molecule has 0 bridgehead atoms. The van der Waals surface area contributed by atoms with Crippen LogP contribution in [0.1, 0.15) is 64.0 Å². The third-order valence-corrected chi connectivity index (χ3v) is 4.75. The number of carbonyl (C=O) groups excluding carboxylic acids is 1. The third-order valence-electron chi connectivity index (χ3n) is 4.75. The largest absolute Gasteiger partial charge is 0.354 e. The predicted molar refractivity (Wildman–Crippen MR) is 91.8 cm³/mol. The Morgan fingerprint density at radius 1 is 1.50 bits per heavy atom. The lowest BCUT2D eigenvalue weighted by Gasteiger charge is -2.50. The number of fused-ring (bicyclic) bond motifs is 1. The zero-order chi connectivity index (χ0) is 16.5. The standard InChI is InChI=1S/C18H29N3O/c1-6-7-15(17(22)20-19)21-16-10-12(2)8-9-14(16)13(3)11-18(21,4)5/h8-10,13,15H,6-7,11,19H2,1-5H3,(H,20,22)/t13-,15-/m0/s1. The number of hydrazine groups is 1. The maximum absolute atomic E-state index is 12.4. The Bertz CT molecular complexity index is 553. The SMILES string of the molecule is CCC[C@@H](C(=O)NN)N1c2cc(C)ccc2[C@@H](C)CC1(C)C. The summed E-state index contributed by atoms with van der Waals surface area (Å²) in [6, 6.07) is 6.35. The lowest BCUT2D eigenvalue weighted by molar-refractivity contribution is -0.123. The fraction of sp³-hybridized carbons (Fsp3) is 0.611. The Morgan fingerprint density at radius 3 is 2.77 bits per heavy atom. The van der Waals surface area contributed by atoms with E-state index in [2.05, 4.69) is 63.1 Å². The molecule has 0 aliphatic carbocycles. The highest BCUT2D eigenvalue weighted by Gasteiger charge is 2.41. The molecule has 0 saturated carbocycles. The van der Waals surface area contributed by atoms with Crippen molar-refractivity contribution in [1.82, 2.24) is 5.43 Å². The zero-order valence-electron chi connectivity index (χ0n) is 14.4. The van der Waals surface area contributed by atoms with E-state index in [0.717, 1.165) is 19.3 Å². The van der Waals surface area contributed by atoms with Gasteiger partial charge in [0.05, 0.1) is 0 Å². The molecule has 4 nitrogen and oxygen atoms in total. The van der Waals surface area contributed by atoms with Crippen LogP contribution in [0.5, 0.6) is 0 Å². The van der Waals surface area contributed by atoms with E-state index in [9.17, 15) is 4.79 Å². The second-order valence-corrected chi connectivity index (χ2v) is 7.16. The molecule has 122 valence electrons. The van der Waals surface area contributed by atoms with Crippen molar-refractivity contribution in [2.24, 2.45) is 5.84 Å². The Balaban J connectivity index is 2.57. The quantitative estimate of drug-likeness (QED) is 0.510. The molecule has 1 aromatic rings. The van der Waals surface area contributed by atoms with Crippen LogP contribution in [0, 0.1) is 6.92 Å². The fourth-order valence-electron chi connectivity index (χ4n) is 3.90. The molecule has 1 aliphatic heterocycles. The summed E-state index contributed by atoms with van der Waals surface area (Å²) < 4.78 is 0. The minimum atomic E-state index is -0.224. The predicted octanol–water partition coefficient (Wildman–Crippen LogP) is 3.25. The van der Waals surface area contributed by atoms with Gasteiger partial charge in [0.2, 0.25) is 0 Å². The van der Waals surface area contributed by atoms with Crippen LogP contribution in [-0.4, -0.2) is 17.5 Å². The first-order valence-corrected chi connectivity index (χ1v) is 8.22. The Morgan fingerprint density at radius 2 is 2.18 bits per heavy atom.